The minimum Gasteiger partial charge on any atom is -0.463 e. The van der Waals surface area contributed by atoms with Crippen LogP contribution < -0.4 is 14.9 Å². The Morgan fingerprint density at radius 3 is 2.61 bits per heavy atom. The first-order valence-electron chi connectivity index (χ1n) is 11.9. The van der Waals surface area contributed by atoms with Gasteiger partial charge in [0.1, 0.15) is 11.5 Å². The molecule has 0 N–H and O–H groups in total. The minimum atomic E-state index is -0.702. The summed E-state index contributed by atoms with van der Waals surface area (Å²) in [4.78, 5) is 42.6. The zero-order chi connectivity index (χ0) is 27.0. The number of nitro groups is 1. The van der Waals surface area contributed by atoms with Gasteiger partial charge in [0, 0.05) is 12.1 Å². The van der Waals surface area contributed by atoms with Crippen LogP contribution in [0.1, 0.15) is 36.8 Å². The lowest BCUT2D eigenvalue weighted by Crippen LogP contribution is -2.39. The molecular weight excluding hydrogens is 506 g/mol. The van der Waals surface area contributed by atoms with Gasteiger partial charge in [-0.05, 0) is 44.5 Å². The average Bonchev–Trinajstić information content (AvgIpc) is 3.48. The minimum absolute atomic E-state index is 0.0761. The van der Waals surface area contributed by atoms with Crippen LogP contribution in [-0.2, 0) is 9.53 Å². The number of aryl methyl sites for hydroxylation is 1. The number of rotatable bonds is 6. The van der Waals surface area contributed by atoms with Crippen LogP contribution in [0, 0.1) is 17.0 Å². The molecular formula is C28H23N3O6S. The van der Waals surface area contributed by atoms with Crippen molar-refractivity contribution >= 4 is 29.1 Å². The number of ether oxygens (including phenoxy) is 1. The number of nitrogens with zero attached hydrogens (tertiary/aromatic N) is 3. The molecule has 1 atom stereocenters. The van der Waals surface area contributed by atoms with Gasteiger partial charge in [-0.25, -0.2) is 9.79 Å². The molecule has 1 aliphatic rings. The van der Waals surface area contributed by atoms with E-state index in [1.807, 2.05) is 31.2 Å². The summed E-state index contributed by atoms with van der Waals surface area (Å²) in [5, 5.41) is 11.4. The highest BCUT2D eigenvalue weighted by Crippen LogP contribution is 2.32. The van der Waals surface area contributed by atoms with Crippen molar-refractivity contribution in [3.05, 3.63) is 119 Å². The van der Waals surface area contributed by atoms with Gasteiger partial charge in [-0.1, -0.05) is 53.3 Å². The summed E-state index contributed by atoms with van der Waals surface area (Å²) in [5.74, 6) is 0.152. The number of furan rings is 1. The molecule has 38 heavy (non-hydrogen) atoms. The van der Waals surface area contributed by atoms with Gasteiger partial charge in [-0.2, -0.15) is 0 Å². The van der Waals surface area contributed by atoms with Crippen LogP contribution in [0.15, 0.2) is 86.1 Å². The summed E-state index contributed by atoms with van der Waals surface area (Å²) in [5.41, 5.74) is 2.53. The molecule has 0 unspecified atom stereocenters. The van der Waals surface area contributed by atoms with Crippen LogP contribution in [0.5, 0.6) is 0 Å². The fraction of sp³-hybridized carbons (Fsp3) is 0.179. The van der Waals surface area contributed by atoms with Crippen molar-refractivity contribution in [3.8, 4) is 11.3 Å². The first-order chi connectivity index (χ1) is 18.3. The van der Waals surface area contributed by atoms with E-state index >= 15 is 0 Å². The smallest absolute Gasteiger partial charge is 0.338 e. The number of carbonyl (C=O) groups excluding carboxylic acids is 1. The Bertz CT molecular complexity index is 1780. The normalized spacial score (nSPS) is 15.2. The van der Waals surface area contributed by atoms with Gasteiger partial charge >= 0.3 is 5.97 Å². The summed E-state index contributed by atoms with van der Waals surface area (Å²) < 4.78 is 13.0. The lowest BCUT2D eigenvalue weighted by Gasteiger charge is -2.24. The maximum Gasteiger partial charge on any atom is 0.338 e. The molecule has 1 aliphatic heterocycles. The van der Waals surface area contributed by atoms with E-state index in [-0.39, 0.29) is 17.9 Å². The van der Waals surface area contributed by atoms with Crippen LogP contribution in [-0.4, -0.2) is 22.1 Å². The Kier molecular flexibility index (Phi) is 6.64. The van der Waals surface area contributed by atoms with Crippen LogP contribution in [0.4, 0.5) is 5.69 Å². The predicted octanol–water partition coefficient (Wildman–Crippen LogP) is 4.27. The largest absolute Gasteiger partial charge is 0.463 e. The van der Waals surface area contributed by atoms with E-state index in [0.29, 0.717) is 37.7 Å². The highest BCUT2D eigenvalue weighted by Gasteiger charge is 2.33. The van der Waals surface area contributed by atoms with Crippen molar-refractivity contribution < 1.29 is 18.9 Å². The lowest BCUT2D eigenvalue weighted by atomic mass is 9.95. The lowest BCUT2D eigenvalue weighted by molar-refractivity contribution is -0.384. The third-order valence-corrected chi connectivity index (χ3v) is 7.16. The zero-order valence-corrected chi connectivity index (χ0v) is 21.7. The molecule has 0 radical (unpaired) electrons. The molecule has 0 amide bonds. The number of benzene rings is 2. The van der Waals surface area contributed by atoms with Crippen molar-refractivity contribution in [2.24, 2.45) is 4.99 Å². The number of fused-ring (bicyclic) bond motifs is 1. The first kappa shape index (κ1) is 25.1. The third-order valence-electron chi connectivity index (χ3n) is 6.18. The standard InChI is InChI=1S/C28H23N3O6S/c1-4-36-27(33)24-17(3)29-28-30(25(24)18-11-9-16(2)10-12-18)26(32)23(38-28)15-19-13-14-22(37-19)20-7-5-6-8-21(20)31(34)35/h5-15,25H,4H2,1-3H3/b23-15-/t25-/m1/s1. The molecule has 4 aromatic rings. The molecule has 0 spiro atoms. The average molecular weight is 530 g/mol. The molecule has 9 nitrogen and oxygen atoms in total. The van der Waals surface area contributed by atoms with E-state index in [0.717, 1.165) is 11.1 Å². The molecule has 10 heteroatoms. The quantitative estimate of drug-likeness (QED) is 0.209. The highest BCUT2D eigenvalue weighted by atomic mass is 32.1. The Hall–Kier alpha value is -4.57. The Morgan fingerprint density at radius 2 is 1.89 bits per heavy atom. The van der Waals surface area contributed by atoms with Crippen molar-refractivity contribution in [3.63, 3.8) is 0 Å². The van der Waals surface area contributed by atoms with Crippen LogP contribution >= 0.6 is 11.3 Å². The van der Waals surface area contributed by atoms with Gasteiger partial charge in [0.15, 0.2) is 4.80 Å². The number of esters is 1. The van der Waals surface area contributed by atoms with Gasteiger partial charge in [0.25, 0.3) is 11.2 Å². The van der Waals surface area contributed by atoms with Crippen molar-refractivity contribution in [2.75, 3.05) is 6.61 Å². The Morgan fingerprint density at radius 1 is 1.16 bits per heavy atom. The number of para-hydroxylation sites is 1. The summed E-state index contributed by atoms with van der Waals surface area (Å²) in [7, 11) is 0. The zero-order valence-electron chi connectivity index (χ0n) is 20.8. The van der Waals surface area contributed by atoms with Gasteiger partial charge in [0.2, 0.25) is 0 Å². The monoisotopic (exact) mass is 529 g/mol. The van der Waals surface area contributed by atoms with E-state index in [1.165, 1.54) is 22.0 Å². The van der Waals surface area contributed by atoms with Gasteiger partial charge in [-0.15, -0.1) is 0 Å². The molecule has 0 aliphatic carbocycles. The number of thiazole rings is 1. The summed E-state index contributed by atoms with van der Waals surface area (Å²) >= 11 is 1.18. The van der Waals surface area contributed by atoms with E-state index in [1.54, 1.807) is 50.3 Å². The van der Waals surface area contributed by atoms with Crippen molar-refractivity contribution in [1.82, 2.24) is 4.57 Å². The molecule has 2 aromatic heterocycles. The van der Waals surface area contributed by atoms with E-state index in [9.17, 15) is 19.7 Å². The molecule has 0 saturated carbocycles. The van der Waals surface area contributed by atoms with E-state index in [2.05, 4.69) is 4.99 Å². The molecule has 2 aromatic carbocycles. The maximum atomic E-state index is 13.7. The third kappa shape index (κ3) is 4.50. The van der Waals surface area contributed by atoms with Crippen LogP contribution in [0.2, 0.25) is 0 Å². The number of hydrogen-bond donors (Lipinski definition) is 0. The second-order valence-corrected chi connectivity index (χ2v) is 9.70. The van der Waals surface area contributed by atoms with E-state index in [4.69, 9.17) is 9.15 Å². The molecule has 192 valence electrons. The molecule has 0 bridgehead atoms. The topological polar surface area (TPSA) is 117 Å². The van der Waals surface area contributed by atoms with Crippen LogP contribution in [0.25, 0.3) is 17.4 Å². The molecule has 0 fully saturated rings. The number of allylic oxidation sites excluding steroid dienone is 1. The number of nitro benzene ring substituents is 1. The number of carbonyl (C=O) groups is 1. The number of aromatic nitrogens is 1. The van der Waals surface area contributed by atoms with Crippen molar-refractivity contribution in [1.29, 1.82) is 0 Å². The second kappa shape index (κ2) is 10.1. The fourth-order valence-corrected chi connectivity index (χ4v) is 5.43. The fourth-order valence-electron chi connectivity index (χ4n) is 4.40. The Balaban J connectivity index is 1.64. The summed E-state index contributed by atoms with van der Waals surface area (Å²) in [6, 6.07) is 16.5. The van der Waals surface area contributed by atoms with Crippen LogP contribution in [0.3, 0.4) is 0 Å². The summed E-state index contributed by atoms with van der Waals surface area (Å²) in [6.45, 7) is 5.62. The van der Waals surface area contributed by atoms with Gasteiger partial charge < -0.3 is 9.15 Å². The Labute approximate surface area is 220 Å². The van der Waals surface area contributed by atoms with Gasteiger partial charge in [0.05, 0.1) is 38.9 Å². The summed E-state index contributed by atoms with van der Waals surface area (Å²) in [6.07, 6.45) is 1.58. The van der Waals surface area contributed by atoms with E-state index < -0.39 is 16.9 Å². The molecule has 0 saturated heterocycles. The first-order valence-corrected chi connectivity index (χ1v) is 12.7. The van der Waals surface area contributed by atoms with Crippen molar-refractivity contribution in [2.45, 2.75) is 26.8 Å². The molecule has 5 rings (SSSR count). The SMILES string of the molecule is CCOC(=O)C1=C(C)N=c2s/c(=C\c3ccc(-c4ccccc4[N+](=O)[O-])o3)c(=O)n2[C@@H]1c1ccc(C)cc1. The predicted molar refractivity (Wildman–Crippen MR) is 142 cm³/mol. The maximum absolute atomic E-state index is 13.7. The highest BCUT2D eigenvalue weighted by molar-refractivity contribution is 7.07. The number of hydrogen-bond acceptors (Lipinski definition) is 8. The second-order valence-electron chi connectivity index (χ2n) is 8.69. The van der Waals surface area contributed by atoms with Gasteiger partial charge in [-0.3, -0.25) is 19.5 Å². The molecule has 3 heterocycles.